The number of piperazine rings is 1. The second kappa shape index (κ2) is 8.87. The van der Waals surface area contributed by atoms with Gasteiger partial charge in [-0.05, 0) is 46.2 Å². The number of anilines is 2. The Balaban J connectivity index is 1.27. The third-order valence-electron chi connectivity index (χ3n) is 6.58. The maximum atomic E-state index is 14.4. The van der Waals surface area contributed by atoms with E-state index in [1.807, 2.05) is 23.7 Å². The van der Waals surface area contributed by atoms with Crippen LogP contribution < -0.4 is 5.32 Å². The summed E-state index contributed by atoms with van der Waals surface area (Å²) in [6.07, 6.45) is 2.63. The van der Waals surface area contributed by atoms with Crippen molar-refractivity contribution in [1.29, 1.82) is 0 Å². The minimum absolute atomic E-state index is 0.0313. The molecular formula is C25H29ClFN7O. The Morgan fingerprint density at radius 1 is 1.20 bits per heavy atom. The van der Waals surface area contributed by atoms with Crippen molar-refractivity contribution in [2.75, 3.05) is 18.4 Å². The summed E-state index contributed by atoms with van der Waals surface area (Å²) in [5.74, 6) is 1.35. The van der Waals surface area contributed by atoms with Gasteiger partial charge in [0.25, 0.3) is 5.91 Å². The van der Waals surface area contributed by atoms with E-state index in [0.717, 1.165) is 29.6 Å². The fourth-order valence-corrected chi connectivity index (χ4v) is 5.20. The lowest BCUT2D eigenvalue weighted by molar-refractivity contribution is 0.0608. The smallest absolute Gasteiger partial charge is 0.257 e. The third kappa shape index (κ3) is 4.62. The zero-order valence-corrected chi connectivity index (χ0v) is 21.1. The molecule has 35 heavy (non-hydrogen) atoms. The van der Waals surface area contributed by atoms with Crippen LogP contribution in [0.5, 0.6) is 0 Å². The Labute approximate surface area is 209 Å². The fraction of sp³-hybridized carbons (Fsp3) is 0.440. The summed E-state index contributed by atoms with van der Waals surface area (Å²) in [6, 6.07) is 8.62. The predicted octanol–water partition coefficient (Wildman–Crippen LogP) is 4.37. The summed E-state index contributed by atoms with van der Waals surface area (Å²) < 4.78 is 16.3. The Morgan fingerprint density at radius 3 is 2.71 bits per heavy atom. The molecule has 2 aromatic heterocycles. The van der Waals surface area contributed by atoms with Gasteiger partial charge >= 0.3 is 0 Å². The topological polar surface area (TPSA) is 79.2 Å². The van der Waals surface area contributed by atoms with E-state index >= 15 is 0 Å². The first kappa shape index (κ1) is 23.7. The number of carbonyl (C=O) groups is 1. The molecule has 8 nitrogen and oxygen atoms in total. The number of nitrogens with zero attached hydrogens (tertiary/aromatic N) is 6. The molecule has 184 valence electrons. The lowest BCUT2D eigenvalue weighted by Gasteiger charge is -2.34. The standard InChI is InChI=1S/C25H29ClFN7O/c1-15-10-20(31-22-8-9-28-34(22)25(2,3)4)30-21(29-15)14-32-12-17-11-16(32)13-33(17)24(35)18-6-5-7-19(26)23(18)27/h5-10,16-17H,11-14H2,1-4H3,(H,29,30,31)/t16-,17-/m1/s1. The van der Waals surface area contributed by atoms with Crippen molar-refractivity contribution in [2.45, 2.75) is 58.3 Å². The second-order valence-corrected chi connectivity index (χ2v) is 10.7. The van der Waals surface area contributed by atoms with Crippen LogP contribution >= 0.6 is 11.6 Å². The number of halogens is 2. The summed E-state index contributed by atoms with van der Waals surface area (Å²) >= 11 is 5.88. The van der Waals surface area contributed by atoms with Gasteiger partial charge in [-0.1, -0.05) is 17.7 Å². The van der Waals surface area contributed by atoms with E-state index < -0.39 is 5.82 Å². The van der Waals surface area contributed by atoms with E-state index in [2.05, 4.69) is 41.1 Å². The molecule has 2 fully saturated rings. The molecule has 2 atom stereocenters. The number of aromatic nitrogens is 4. The normalized spacial score (nSPS) is 20.0. The molecule has 10 heteroatoms. The summed E-state index contributed by atoms with van der Waals surface area (Å²) in [6.45, 7) is 10.1. The molecule has 0 radical (unpaired) electrons. The second-order valence-electron chi connectivity index (χ2n) is 10.3. The quantitative estimate of drug-likeness (QED) is 0.564. The van der Waals surface area contributed by atoms with Crippen LogP contribution in [0.1, 0.15) is 49.1 Å². The zero-order valence-electron chi connectivity index (χ0n) is 20.3. The molecule has 4 heterocycles. The first-order chi connectivity index (χ1) is 16.6. The van der Waals surface area contributed by atoms with Gasteiger partial charge in [0.1, 0.15) is 17.5 Å². The van der Waals surface area contributed by atoms with E-state index in [1.165, 1.54) is 12.1 Å². The van der Waals surface area contributed by atoms with Gasteiger partial charge in [0.15, 0.2) is 5.82 Å². The highest BCUT2D eigenvalue weighted by atomic mass is 35.5. The third-order valence-corrected chi connectivity index (χ3v) is 6.87. The molecular weight excluding hydrogens is 469 g/mol. The lowest BCUT2D eigenvalue weighted by Crippen LogP contribution is -2.48. The molecule has 2 bridgehead atoms. The van der Waals surface area contributed by atoms with E-state index in [4.69, 9.17) is 16.6 Å². The number of carbonyl (C=O) groups excluding carboxylic acids is 1. The predicted molar refractivity (Wildman–Crippen MR) is 132 cm³/mol. The van der Waals surface area contributed by atoms with Gasteiger partial charge < -0.3 is 10.2 Å². The van der Waals surface area contributed by atoms with E-state index in [9.17, 15) is 9.18 Å². The van der Waals surface area contributed by atoms with Crippen LogP contribution in [0.2, 0.25) is 5.02 Å². The number of aryl methyl sites for hydroxylation is 1. The molecule has 0 spiro atoms. The van der Waals surface area contributed by atoms with Gasteiger partial charge in [-0.25, -0.2) is 19.0 Å². The molecule has 2 saturated heterocycles. The molecule has 0 aliphatic carbocycles. The average molecular weight is 498 g/mol. The summed E-state index contributed by atoms with van der Waals surface area (Å²) in [7, 11) is 0. The summed E-state index contributed by atoms with van der Waals surface area (Å²) in [5.41, 5.74) is 0.740. The largest absolute Gasteiger partial charge is 0.333 e. The SMILES string of the molecule is Cc1cc(Nc2ccnn2C(C)(C)C)nc(CN2C[C@H]3C[C@@H]2CN3C(=O)c2cccc(Cl)c2F)n1. The van der Waals surface area contributed by atoms with Gasteiger partial charge in [0, 0.05) is 43.0 Å². The van der Waals surface area contributed by atoms with Crippen LogP contribution in [0.4, 0.5) is 16.0 Å². The number of fused-ring (bicyclic) bond motifs is 2. The van der Waals surface area contributed by atoms with Crippen LogP contribution in [-0.2, 0) is 12.1 Å². The van der Waals surface area contributed by atoms with Gasteiger partial charge in [0.05, 0.1) is 28.9 Å². The van der Waals surface area contributed by atoms with Crippen LogP contribution in [0.25, 0.3) is 0 Å². The van der Waals surface area contributed by atoms with Crippen molar-refractivity contribution >= 4 is 29.1 Å². The Hall–Kier alpha value is -3.04. The highest BCUT2D eigenvalue weighted by Crippen LogP contribution is 2.33. The molecule has 2 aliphatic heterocycles. The number of nitrogens with one attached hydrogen (secondary N) is 1. The highest BCUT2D eigenvalue weighted by molar-refractivity contribution is 6.31. The molecule has 1 amide bonds. The molecule has 3 aromatic rings. The van der Waals surface area contributed by atoms with Crippen LogP contribution in [0.3, 0.4) is 0 Å². The number of benzene rings is 1. The summed E-state index contributed by atoms with van der Waals surface area (Å²) in [4.78, 5) is 26.5. The Kier molecular flexibility index (Phi) is 6.01. The number of amides is 1. The first-order valence-electron chi connectivity index (χ1n) is 11.8. The number of hydrogen-bond donors (Lipinski definition) is 1. The molecule has 1 aromatic carbocycles. The van der Waals surface area contributed by atoms with Crippen molar-refractivity contribution in [3.05, 3.63) is 64.5 Å². The highest BCUT2D eigenvalue weighted by Gasteiger charge is 2.45. The van der Waals surface area contributed by atoms with E-state index in [0.29, 0.717) is 19.6 Å². The van der Waals surface area contributed by atoms with Crippen LogP contribution in [0, 0.1) is 12.7 Å². The zero-order chi connectivity index (χ0) is 24.9. The van der Waals surface area contributed by atoms with Gasteiger partial charge in [-0.15, -0.1) is 0 Å². The maximum Gasteiger partial charge on any atom is 0.257 e. The molecule has 0 unspecified atom stereocenters. The lowest BCUT2D eigenvalue weighted by atomic mass is 10.1. The maximum absolute atomic E-state index is 14.4. The average Bonchev–Trinajstić information content (AvgIpc) is 3.50. The minimum Gasteiger partial charge on any atom is -0.333 e. The van der Waals surface area contributed by atoms with Crippen molar-refractivity contribution in [1.82, 2.24) is 29.5 Å². The van der Waals surface area contributed by atoms with Gasteiger partial charge in [0.2, 0.25) is 0 Å². The number of rotatable bonds is 5. The van der Waals surface area contributed by atoms with Crippen molar-refractivity contribution < 1.29 is 9.18 Å². The monoisotopic (exact) mass is 497 g/mol. The molecule has 2 aliphatic rings. The van der Waals surface area contributed by atoms with Gasteiger partial charge in [-0.3, -0.25) is 9.69 Å². The number of likely N-dealkylation sites (tertiary alicyclic amines) is 2. The van der Waals surface area contributed by atoms with Crippen LogP contribution in [0.15, 0.2) is 36.5 Å². The molecule has 0 saturated carbocycles. The van der Waals surface area contributed by atoms with E-state index in [1.54, 1.807) is 17.2 Å². The summed E-state index contributed by atoms with van der Waals surface area (Å²) in [5, 5.41) is 7.78. The minimum atomic E-state index is -0.653. The Morgan fingerprint density at radius 2 is 2.00 bits per heavy atom. The van der Waals surface area contributed by atoms with E-state index in [-0.39, 0.29) is 34.1 Å². The fourth-order valence-electron chi connectivity index (χ4n) is 5.03. The van der Waals surface area contributed by atoms with Gasteiger partial charge in [-0.2, -0.15) is 5.10 Å². The van der Waals surface area contributed by atoms with Crippen LogP contribution in [-0.4, -0.2) is 60.6 Å². The van der Waals surface area contributed by atoms with Crippen molar-refractivity contribution in [3.8, 4) is 0 Å². The molecule has 1 N–H and O–H groups in total. The first-order valence-corrected chi connectivity index (χ1v) is 12.1. The number of hydrogen-bond acceptors (Lipinski definition) is 6. The molecule has 5 rings (SSSR count). The van der Waals surface area contributed by atoms with Crippen molar-refractivity contribution in [2.24, 2.45) is 0 Å². The van der Waals surface area contributed by atoms with Crippen molar-refractivity contribution in [3.63, 3.8) is 0 Å². The Bertz CT molecular complexity index is 1270.